The van der Waals surface area contributed by atoms with Crippen molar-refractivity contribution < 1.29 is 9.59 Å². The highest BCUT2D eigenvalue weighted by Crippen LogP contribution is 2.32. The average molecular weight is 307 g/mol. The molecule has 3 rings (SSSR count). The average Bonchev–Trinajstić information content (AvgIpc) is 2.84. The van der Waals surface area contributed by atoms with Gasteiger partial charge in [-0.15, -0.1) is 11.3 Å². The Morgan fingerprint density at radius 2 is 2.10 bits per heavy atom. The summed E-state index contributed by atoms with van der Waals surface area (Å²) in [7, 11) is 0. The van der Waals surface area contributed by atoms with Crippen LogP contribution in [0.1, 0.15) is 48.4 Å². The summed E-state index contributed by atoms with van der Waals surface area (Å²) < 4.78 is 0. The van der Waals surface area contributed by atoms with Gasteiger partial charge in [0.15, 0.2) is 0 Å². The van der Waals surface area contributed by atoms with Crippen molar-refractivity contribution in [3.05, 3.63) is 16.1 Å². The highest BCUT2D eigenvalue weighted by Gasteiger charge is 2.45. The molecule has 0 aromatic carbocycles. The molecule has 114 valence electrons. The van der Waals surface area contributed by atoms with Gasteiger partial charge in [-0.25, -0.2) is 4.98 Å². The first-order chi connectivity index (χ1) is 10.1. The summed E-state index contributed by atoms with van der Waals surface area (Å²) in [6, 6.07) is 0. The Balaban J connectivity index is 1.82. The van der Waals surface area contributed by atoms with E-state index >= 15 is 0 Å². The normalized spacial score (nSPS) is 22.2. The third kappa shape index (κ3) is 2.95. The number of carbonyl (C=O) groups is 2. The summed E-state index contributed by atoms with van der Waals surface area (Å²) in [6.45, 7) is 3.04. The summed E-state index contributed by atoms with van der Waals surface area (Å²) >= 11 is 1.62. The number of thiazole rings is 1. The van der Waals surface area contributed by atoms with Gasteiger partial charge < -0.3 is 10.2 Å². The molecular formula is C15H21N3O2S. The zero-order chi connectivity index (χ0) is 14.9. The maximum absolute atomic E-state index is 13.0. The van der Waals surface area contributed by atoms with E-state index in [-0.39, 0.29) is 11.8 Å². The Morgan fingerprint density at radius 3 is 2.76 bits per heavy atom. The maximum Gasteiger partial charge on any atom is 0.248 e. The second kappa shape index (κ2) is 5.75. The summed E-state index contributed by atoms with van der Waals surface area (Å²) in [5.41, 5.74) is -0.647. The predicted octanol–water partition coefficient (Wildman–Crippen LogP) is 2.00. The third-order valence-electron chi connectivity index (χ3n) is 4.41. The number of hydrogen-bond acceptors (Lipinski definition) is 4. The summed E-state index contributed by atoms with van der Waals surface area (Å²) in [4.78, 5) is 32.2. The van der Waals surface area contributed by atoms with Gasteiger partial charge in [0.25, 0.3) is 0 Å². The second-order valence-electron chi connectivity index (χ2n) is 6.01. The molecule has 1 saturated heterocycles. The molecule has 1 N–H and O–H groups in total. The molecule has 1 aliphatic heterocycles. The zero-order valence-corrected chi connectivity index (χ0v) is 13.2. The van der Waals surface area contributed by atoms with Crippen molar-refractivity contribution in [3.63, 3.8) is 0 Å². The minimum atomic E-state index is -0.647. The highest BCUT2D eigenvalue weighted by atomic mass is 32.1. The van der Waals surface area contributed by atoms with Crippen LogP contribution in [0.3, 0.4) is 0 Å². The van der Waals surface area contributed by atoms with Gasteiger partial charge in [-0.05, 0) is 19.8 Å². The van der Waals surface area contributed by atoms with Crippen LogP contribution in [-0.4, -0.2) is 33.8 Å². The molecule has 0 atom stereocenters. The molecule has 2 aliphatic rings. The minimum absolute atomic E-state index is 0.00763. The summed E-state index contributed by atoms with van der Waals surface area (Å²) in [5.74, 6) is 0.104. The van der Waals surface area contributed by atoms with Gasteiger partial charge in [0, 0.05) is 24.0 Å². The molecule has 1 spiro atoms. The van der Waals surface area contributed by atoms with Gasteiger partial charge in [0.1, 0.15) is 5.54 Å². The lowest BCUT2D eigenvalue weighted by Gasteiger charge is -2.38. The number of amides is 2. The van der Waals surface area contributed by atoms with Crippen molar-refractivity contribution in [2.45, 2.75) is 57.5 Å². The lowest BCUT2D eigenvalue weighted by atomic mass is 9.80. The first-order valence-electron chi connectivity index (χ1n) is 7.61. The van der Waals surface area contributed by atoms with Crippen LogP contribution in [0.5, 0.6) is 0 Å². The number of aromatic nitrogens is 1. The Hall–Kier alpha value is -1.43. The minimum Gasteiger partial charge on any atom is -0.342 e. The van der Waals surface area contributed by atoms with Crippen LogP contribution in [-0.2, 0) is 16.1 Å². The van der Waals surface area contributed by atoms with Gasteiger partial charge in [0.05, 0.1) is 11.6 Å². The number of nitrogens with one attached hydrogen (secondary N) is 1. The number of hydrogen-bond donors (Lipinski definition) is 1. The molecule has 1 aliphatic carbocycles. The first-order valence-corrected chi connectivity index (χ1v) is 8.42. The fourth-order valence-corrected chi connectivity index (χ4v) is 4.15. The molecule has 2 amide bonds. The van der Waals surface area contributed by atoms with Crippen molar-refractivity contribution in [1.29, 1.82) is 0 Å². The predicted molar refractivity (Wildman–Crippen MR) is 80.8 cm³/mol. The van der Waals surface area contributed by atoms with E-state index in [4.69, 9.17) is 0 Å². The molecule has 1 aromatic rings. The SMILES string of the molecule is Cc1ncc(CN2CCC(=O)NC3(CCCCC3)C2=O)s1. The fourth-order valence-electron chi connectivity index (χ4n) is 3.34. The van der Waals surface area contributed by atoms with E-state index in [0.29, 0.717) is 19.5 Å². The van der Waals surface area contributed by atoms with E-state index in [0.717, 1.165) is 42.0 Å². The molecule has 2 fully saturated rings. The second-order valence-corrected chi connectivity index (χ2v) is 7.33. The fraction of sp³-hybridized carbons (Fsp3) is 0.667. The number of aryl methyl sites for hydroxylation is 1. The lowest BCUT2D eigenvalue weighted by Crippen LogP contribution is -2.57. The summed E-state index contributed by atoms with van der Waals surface area (Å²) in [6.07, 6.45) is 6.95. The number of carbonyl (C=O) groups excluding carboxylic acids is 2. The van der Waals surface area contributed by atoms with Crippen LogP contribution in [0.2, 0.25) is 0 Å². The molecule has 0 radical (unpaired) electrons. The van der Waals surface area contributed by atoms with E-state index in [1.54, 1.807) is 11.3 Å². The standard InChI is InChI=1S/C15H21N3O2S/c1-11-16-9-12(21-11)10-18-8-5-13(19)17-15(14(18)20)6-3-2-4-7-15/h9H,2-8,10H2,1H3,(H,17,19). The van der Waals surface area contributed by atoms with Crippen LogP contribution >= 0.6 is 11.3 Å². The van der Waals surface area contributed by atoms with Gasteiger partial charge in [-0.1, -0.05) is 19.3 Å². The number of nitrogens with zero attached hydrogens (tertiary/aromatic N) is 2. The molecule has 1 saturated carbocycles. The smallest absolute Gasteiger partial charge is 0.248 e. The maximum atomic E-state index is 13.0. The molecule has 5 nitrogen and oxygen atoms in total. The topological polar surface area (TPSA) is 62.3 Å². The van der Waals surface area contributed by atoms with Crippen molar-refractivity contribution >= 4 is 23.2 Å². The van der Waals surface area contributed by atoms with Gasteiger partial charge in [-0.2, -0.15) is 0 Å². The molecule has 0 bridgehead atoms. The van der Waals surface area contributed by atoms with Crippen molar-refractivity contribution in [2.75, 3.05) is 6.54 Å². The monoisotopic (exact) mass is 307 g/mol. The van der Waals surface area contributed by atoms with E-state index in [9.17, 15) is 9.59 Å². The molecular weight excluding hydrogens is 286 g/mol. The van der Waals surface area contributed by atoms with Crippen LogP contribution in [0.4, 0.5) is 0 Å². The molecule has 21 heavy (non-hydrogen) atoms. The van der Waals surface area contributed by atoms with Crippen molar-refractivity contribution in [1.82, 2.24) is 15.2 Å². The van der Waals surface area contributed by atoms with Crippen LogP contribution in [0.15, 0.2) is 6.20 Å². The van der Waals surface area contributed by atoms with E-state index < -0.39 is 5.54 Å². The van der Waals surface area contributed by atoms with Crippen LogP contribution < -0.4 is 5.32 Å². The van der Waals surface area contributed by atoms with Gasteiger partial charge in [-0.3, -0.25) is 9.59 Å². The highest BCUT2D eigenvalue weighted by molar-refractivity contribution is 7.11. The zero-order valence-electron chi connectivity index (χ0n) is 12.4. The largest absolute Gasteiger partial charge is 0.342 e. The lowest BCUT2D eigenvalue weighted by molar-refractivity contribution is -0.140. The van der Waals surface area contributed by atoms with Crippen LogP contribution in [0.25, 0.3) is 0 Å². The Kier molecular flexibility index (Phi) is 3.97. The van der Waals surface area contributed by atoms with E-state index in [2.05, 4.69) is 10.3 Å². The van der Waals surface area contributed by atoms with E-state index in [1.807, 2.05) is 18.0 Å². The van der Waals surface area contributed by atoms with Crippen molar-refractivity contribution in [2.24, 2.45) is 0 Å². The first kappa shape index (κ1) is 14.5. The van der Waals surface area contributed by atoms with Gasteiger partial charge in [0.2, 0.25) is 11.8 Å². The van der Waals surface area contributed by atoms with E-state index in [1.165, 1.54) is 0 Å². The summed E-state index contributed by atoms with van der Waals surface area (Å²) in [5, 5.41) is 4.03. The Labute approximate surface area is 128 Å². The molecule has 0 unspecified atom stereocenters. The number of rotatable bonds is 2. The molecule has 2 heterocycles. The Bertz CT molecular complexity index is 549. The Morgan fingerprint density at radius 1 is 1.33 bits per heavy atom. The molecule has 1 aromatic heterocycles. The molecule has 6 heteroatoms. The third-order valence-corrected chi connectivity index (χ3v) is 5.30. The quantitative estimate of drug-likeness (QED) is 0.909. The van der Waals surface area contributed by atoms with Gasteiger partial charge >= 0.3 is 0 Å². The van der Waals surface area contributed by atoms with Crippen LogP contribution in [0, 0.1) is 6.92 Å². The van der Waals surface area contributed by atoms with Crippen molar-refractivity contribution in [3.8, 4) is 0 Å².